The van der Waals surface area contributed by atoms with Crippen molar-refractivity contribution in [3.63, 3.8) is 0 Å². The zero-order valence-corrected chi connectivity index (χ0v) is 18.4. The molecule has 178 valence electrons. The van der Waals surface area contributed by atoms with Crippen molar-refractivity contribution in [2.75, 3.05) is 20.1 Å². The summed E-state index contributed by atoms with van der Waals surface area (Å²) in [6, 6.07) is 9.55. The van der Waals surface area contributed by atoms with E-state index in [0.717, 1.165) is 32.7 Å². The number of carbonyl (C=O) groups excluding carboxylic acids is 2. The molecule has 0 aliphatic rings. The highest BCUT2D eigenvalue weighted by atomic mass is 19.1. The summed E-state index contributed by atoms with van der Waals surface area (Å²) in [5.74, 6) is 10.4. The van der Waals surface area contributed by atoms with E-state index in [-0.39, 0.29) is 37.4 Å². The predicted octanol–water partition coefficient (Wildman–Crippen LogP) is -0.723. The van der Waals surface area contributed by atoms with Crippen molar-refractivity contribution in [1.82, 2.24) is 25.6 Å². The molecule has 2 aromatic rings. The van der Waals surface area contributed by atoms with E-state index >= 15 is 0 Å². The van der Waals surface area contributed by atoms with E-state index in [4.69, 9.17) is 23.2 Å². The highest BCUT2D eigenvalue weighted by molar-refractivity contribution is 5.92. The zero-order valence-electron chi connectivity index (χ0n) is 18.4. The Morgan fingerprint density at radius 2 is 1.79 bits per heavy atom. The Hall–Kier alpha value is -3.90. The van der Waals surface area contributed by atoms with Crippen LogP contribution in [-0.2, 0) is 16.1 Å². The zero-order chi connectivity index (χ0) is 24.4. The molecule has 2 rings (SSSR count). The fourth-order valence-electron chi connectivity index (χ4n) is 2.84. The number of nitrogens with one attached hydrogen (secondary N) is 2. The van der Waals surface area contributed by atoms with Crippen LogP contribution in [-0.4, -0.2) is 53.1 Å². The first-order valence-corrected chi connectivity index (χ1v) is 10.1. The van der Waals surface area contributed by atoms with Crippen molar-refractivity contribution in [3.05, 3.63) is 65.9 Å². The fraction of sp³-hybridized carbons (Fsp3) is 0.286. The first-order chi connectivity index (χ1) is 15.7. The minimum Gasteiger partial charge on any atom is -0.393 e. The monoisotopic (exact) mass is 459 g/mol. The van der Waals surface area contributed by atoms with Gasteiger partial charge in [0.1, 0.15) is 17.6 Å². The number of benzene rings is 1. The number of nitrogens with two attached hydrogens (primary N) is 4. The van der Waals surface area contributed by atoms with Crippen LogP contribution in [0.2, 0.25) is 0 Å². The van der Waals surface area contributed by atoms with Crippen molar-refractivity contribution in [2.45, 2.75) is 19.1 Å². The second-order valence-electron chi connectivity index (χ2n) is 7.29. The number of rotatable bonds is 11. The Kier molecular flexibility index (Phi) is 9.39. The molecular weight excluding hydrogens is 429 g/mol. The van der Waals surface area contributed by atoms with Gasteiger partial charge in [0.25, 0.3) is 11.8 Å². The first-order valence-electron chi connectivity index (χ1n) is 10.1. The summed E-state index contributed by atoms with van der Waals surface area (Å²) in [5.41, 5.74) is 12.7. The number of pyridine rings is 1. The molecule has 33 heavy (non-hydrogen) atoms. The second-order valence-corrected chi connectivity index (χ2v) is 7.29. The van der Waals surface area contributed by atoms with Crippen molar-refractivity contribution in [2.24, 2.45) is 23.2 Å². The fourth-order valence-corrected chi connectivity index (χ4v) is 2.84. The van der Waals surface area contributed by atoms with Gasteiger partial charge in [-0.1, -0.05) is 18.2 Å². The van der Waals surface area contributed by atoms with Crippen LogP contribution in [0.15, 0.2) is 60.3 Å². The number of hydrogen-bond acceptors (Lipinski definition) is 9. The van der Waals surface area contributed by atoms with E-state index in [2.05, 4.69) is 15.6 Å². The van der Waals surface area contributed by atoms with Crippen molar-refractivity contribution in [3.8, 4) is 0 Å². The Morgan fingerprint density at radius 1 is 1.12 bits per heavy atom. The molecule has 1 heterocycles. The van der Waals surface area contributed by atoms with Crippen molar-refractivity contribution in [1.29, 1.82) is 0 Å². The third-order valence-electron chi connectivity index (χ3n) is 4.57. The van der Waals surface area contributed by atoms with Gasteiger partial charge in [-0.2, -0.15) is 0 Å². The summed E-state index contributed by atoms with van der Waals surface area (Å²) in [7, 11) is 1.43. The summed E-state index contributed by atoms with van der Waals surface area (Å²) in [5, 5.41) is 8.08. The van der Waals surface area contributed by atoms with Gasteiger partial charge in [-0.3, -0.25) is 14.6 Å². The number of hydrogen-bond donors (Lipinski definition) is 6. The predicted molar refractivity (Wildman–Crippen MR) is 123 cm³/mol. The minimum atomic E-state index is -1.37. The van der Waals surface area contributed by atoms with E-state index in [1.165, 1.54) is 13.2 Å². The van der Waals surface area contributed by atoms with Crippen LogP contribution in [0.5, 0.6) is 0 Å². The summed E-state index contributed by atoms with van der Waals surface area (Å²) in [6.07, 6.45) is 2.68. The van der Waals surface area contributed by atoms with Gasteiger partial charge < -0.3 is 32.1 Å². The minimum absolute atomic E-state index is 0.0105. The number of alkyl halides is 1. The molecule has 0 aliphatic heterocycles. The molecule has 10 N–H and O–H groups in total. The lowest BCUT2D eigenvalue weighted by Gasteiger charge is -2.20. The van der Waals surface area contributed by atoms with E-state index in [9.17, 15) is 14.0 Å². The second kappa shape index (κ2) is 12.2. The van der Waals surface area contributed by atoms with Gasteiger partial charge in [-0.25, -0.2) is 16.1 Å². The Labute approximate surface area is 191 Å². The van der Waals surface area contributed by atoms with Crippen LogP contribution in [0.3, 0.4) is 0 Å². The van der Waals surface area contributed by atoms with Crippen LogP contribution in [0.4, 0.5) is 4.39 Å². The molecule has 12 heteroatoms. The normalized spacial score (nSPS) is 12.8. The van der Waals surface area contributed by atoms with Gasteiger partial charge in [0.05, 0.1) is 12.1 Å². The molecule has 0 fully saturated rings. The number of para-hydroxylation sites is 1. The topological polar surface area (TPSA) is 182 Å². The van der Waals surface area contributed by atoms with Gasteiger partial charge in [0, 0.05) is 44.1 Å². The van der Waals surface area contributed by atoms with Gasteiger partial charge >= 0.3 is 0 Å². The molecule has 0 saturated heterocycles. The molecule has 0 aliphatic carbocycles. The quantitative estimate of drug-likeness (QED) is 0.143. The lowest BCUT2D eigenvalue weighted by Crippen LogP contribution is -2.37. The maximum atomic E-state index is 14.2. The molecular formula is C21H30FN9O2. The molecule has 0 saturated carbocycles. The van der Waals surface area contributed by atoms with Crippen LogP contribution in [0.25, 0.3) is 10.9 Å². The van der Waals surface area contributed by atoms with E-state index in [0.29, 0.717) is 0 Å². The molecule has 0 spiro atoms. The Bertz CT molecular complexity index is 1030. The van der Waals surface area contributed by atoms with Gasteiger partial charge in [0.2, 0.25) is 0 Å². The standard InChI is InChI=1S/C21H30FN9O2/c1-27-20(32)17(23)12-30(25)7-6-16(22)11-31(26)13-18(24)21(33)29-10-14-8-15-4-2-3-5-19(15)28-9-14/h2-5,8-9,12-13,16H,6-7,10-11,23-26H2,1H3,(H,27,32)(H,29,33)/b17-12-,18-13-. The lowest BCUT2D eigenvalue weighted by atomic mass is 10.1. The number of aromatic nitrogens is 1. The van der Waals surface area contributed by atoms with Crippen molar-refractivity contribution < 1.29 is 14.0 Å². The van der Waals surface area contributed by atoms with Crippen LogP contribution >= 0.6 is 0 Å². The number of carbonyl (C=O) groups is 2. The maximum Gasteiger partial charge on any atom is 0.268 e. The van der Waals surface area contributed by atoms with Gasteiger partial charge in [-0.15, -0.1) is 0 Å². The van der Waals surface area contributed by atoms with E-state index in [1.807, 2.05) is 30.3 Å². The summed E-state index contributed by atoms with van der Waals surface area (Å²) >= 11 is 0. The van der Waals surface area contributed by atoms with Crippen LogP contribution < -0.4 is 33.8 Å². The average molecular weight is 460 g/mol. The van der Waals surface area contributed by atoms with E-state index < -0.39 is 18.0 Å². The molecule has 1 aromatic carbocycles. The van der Waals surface area contributed by atoms with E-state index in [1.54, 1.807) is 6.20 Å². The number of likely N-dealkylation sites (N-methyl/N-ethyl adjacent to an activating group) is 1. The lowest BCUT2D eigenvalue weighted by molar-refractivity contribution is -0.118. The summed E-state index contributed by atoms with van der Waals surface area (Å²) in [4.78, 5) is 27.9. The molecule has 11 nitrogen and oxygen atoms in total. The van der Waals surface area contributed by atoms with Gasteiger partial charge in [-0.05, 0) is 24.1 Å². The van der Waals surface area contributed by atoms with Crippen molar-refractivity contribution >= 4 is 22.7 Å². The summed E-state index contributed by atoms with van der Waals surface area (Å²) in [6.45, 7) is 0.0950. The third-order valence-corrected chi connectivity index (χ3v) is 4.57. The van der Waals surface area contributed by atoms with Crippen LogP contribution in [0.1, 0.15) is 12.0 Å². The average Bonchev–Trinajstić information content (AvgIpc) is 2.80. The molecule has 0 radical (unpaired) electrons. The van der Waals surface area contributed by atoms with Gasteiger partial charge in [0.15, 0.2) is 0 Å². The number of hydrazine groups is 2. The number of nitrogens with zero attached hydrogens (tertiary/aromatic N) is 3. The molecule has 1 atom stereocenters. The number of amides is 2. The highest BCUT2D eigenvalue weighted by Gasteiger charge is 2.13. The molecule has 1 aromatic heterocycles. The Morgan fingerprint density at radius 3 is 2.52 bits per heavy atom. The SMILES string of the molecule is CNC(=O)/C(N)=C/N(N)CCC(F)CN(N)/C=C(\N)C(=O)NCc1cnc2ccccc2c1. The first kappa shape index (κ1) is 25.4. The number of halogens is 1. The highest BCUT2D eigenvalue weighted by Crippen LogP contribution is 2.12. The molecule has 2 amide bonds. The third kappa shape index (κ3) is 8.27. The summed E-state index contributed by atoms with van der Waals surface area (Å²) < 4.78 is 14.2. The Balaban J connectivity index is 1.79. The smallest absolute Gasteiger partial charge is 0.268 e. The van der Waals surface area contributed by atoms with Crippen LogP contribution in [0, 0.1) is 0 Å². The molecule has 0 bridgehead atoms. The largest absolute Gasteiger partial charge is 0.393 e. The maximum absolute atomic E-state index is 14.2. The molecule has 1 unspecified atom stereocenters. The number of fused-ring (bicyclic) bond motifs is 1.